The molecule has 2 fully saturated rings. The van der Waals surface area contributed by atoms with Gasteiger partial charge in [-0.15, -0.1) is 0 Å². The Bertz CT molecular complexity index is 622. The van der Waals surface area contributed by atoms with Gasteiger partial charge in [0.25, 0.3) is 5.91 Å². The van der Waals surface area contributed by atoms with Crippen molar-refractivity contribution in [3.8, 4) is 5.75 Å². The fourth-order valence-electron chi connectivity index (χ4n) is 3.61. The van der Waals surface area contributed by atoms with Crippen LogP contribution in [0.25, 0.3) is 0 Å². The summed E-state index contributed by atoms with van der Waals surface area (Å²) in [6.45, 7) is 6.17. The second kappa shape index (κ2) is 9.04. The van der Waals surface area contributed by atoms with Crippen molar-refractivity contribution in [2.75, 3.05) is 46.0 Å². The van der Waals surface area contributed by atoms with Gasteiger partial charge in [0.1, 0.15) is 5.75 Å². The number of ether oxygens (including phenoxy) is 2. The smallest absolute Gasteiger partial charge is 0.260 e. The van der Waals surface area contributed by atoms with E-state index in [-0.39, 0.29) is 18.6 Å². The van der Waals surface area contributed by atoms with Crippen LogP contribution < -0.4 is 4.74 Å². The number of hydrogen-bond acceptors (Lipinski definition) is 5. The average Bonchev–Trinajstić information content (AvgIpc) is 2.85. The molecule has 2 saturated heterocycles. The molecular weight excluding hydrogens is 356 g/mol. The third kappa shape index (κ3) is 4.88. The Kier molecular flexibility index (Phi) is 6.75. The number of aryl methyl sites for hydroxylation is 1. The lowest BCUT2D eigenvalue weighted by molar-refractivity contribution is -0.133. The highest BCUT2D eigenvalue weighted by Crippen LogP contribution is 2.25. The summed E-state index contributed by atoms with van der Waals surface area (Å²) in [5.74, 6) is 0.457. The Labute approximate surface area is 159 Å². The molecule has 3 rings (SSSR count). The highest BCUT2D eigenvalue weighted by molar-refractivity contribution is 6.32. The van der Waals surface area contributed by atoms with Gasteiger partial charge < -0.3 is 19.5 Å². The molecule has 1 N–H and O–H groups in total. The standard InChI is InChI=1S/C19H27ClN2O4/c1-14-2-3-15(20)18(12-14)26-13-19(24)22-6-4-16(17(23)5-7-22)21-8-10-25-11-9-21/h2-3,12,16-17,23H,4-11,13H2,1H3/t16-,17-/m0/s1. The summed E-state index contributed by atoms with van der Waals surface area (Å²) in [6.07, 6.45) is 0.926. The molecule has 1 aromatic rings. The van der Waals surface area contributed by atoms with Crippen molar-refractivity contribution in [3.05, 3.63) is 28.8 Å². The summed E-state index contributed by atoms with van der Waals surface area (Å²) in [7, 11) is 0. The number of rotatable bonds is 4. The zero-order valence-electron chi connectivity index (χ0n) is 15.2. The zero-order chi connectivity index (χ0) is 18.5. The van der Waals surface area contributed by atoms with Gasteiger partial charge in [-0.1, -0.05) is 17.7 Å². The van der Waals surface area contributed by atoms with Crippen LogP contribution in [-0.2, 0) is 9.53 Å². The Balaban J connectivity index is 1.54. The van der Waals surface area contributed by atoms with E-state index < -0.39 is 6.10 Å². The van der Waals surface area contributed by atoms with Gasteiger partial charge in [-0.3, -0.25) is 9.69 Å². The van der Waals surface area contributed by atoms with E-state index in [1.807, 2.05) is 19.1 Å². The first-order valence-electron chi connectivity index (χ1n) is 9.21. The van der Waals surface area contributed by atoms with Crippen molar-refractivity contribution in [2.45, 2.75) is 31.9 Å². The lowest BCUT2D eigenvalue weighted by Gasteiger charge is -2.36. The molecule has 0 radical (unpaired) electrons. The molecule has 0 bridgehead atoms. The minimum Gasteiger partial charge on any atom is -0.482 e. The maximum atomic E-state index is 12.6. The van der Waals surface area contributed by atoms with Gasteiger partial charge in [0.15, 0.2) is 6.61 Å². The highest BCUT2D eigenvalue weighted by atomic mass is 35.5. The number of halogens is 1. The second-order valence-corrected chi connectivity index (χ2v) is 7.37. The van der Waals surface area contributed by atoms with E-state index in [2.05, 4.69) is 4.90 Å². The summed E-state index contributed by atoms with van der Waals surface area (Å²) in [6, 6.07) is 5.59. The maximum Gasteiger partial charge on any atom is 0.260 e. The van der Waals surface area contributed by atoms with Crippen molar-refractivity contribution in [3.63, 3.8) is 0 Å². The summed E-state index contributed by atoms with van der Waals surface area (Å²) >= 11 is 6.12. The predicted octanol–water partition coefficient (Wildman–Crippen LogP) is 1.71. The quantitative estimate of drug-likeness (QED) is 0.859. The molecule has 2 aliphatic heterocycles. The molecule has 0 aromatic heterocycles. The number of likely N-dealkylation sites (tertiary alicyclic amines) is 1. The van der Waals surface area contributed by atoms with E-state index in [4.69, 9.17) is 21.1 Å². The molecule has 2 atom stereocenters. The molecule has 2 aliphatic rings. The van der Waals surface area contributed by atoms with Crippen LogP contribution in [0.4, 0.5) is 0 Å². The summed E-state index contributed by atoms with van der Waals surface area (Å²) in [4.78, 5) is 16.6. The normalized spacial score (nSPS) is 25.0. The molecule has 0 saturated carbocycles. The van der Waals surface area contributed by atoms with Crippen molar-refractivity contribution < 1.29 is 19.4 Å². The van der Waals surface area contributed by atoms with E-state index in [1.165, 1.54) is 0 Å². The number of morpholine rings is 1. The molecule has 2 heterocycles. The monoisotopic (exact) mass is 382 g/mol. The third-order valence-corrected chi connectivity index (χ3v) is 5.45. The fourth-order valence-corrected chi connectivity index (χ4v) is 3.78. The van der Waals surface area contributed by atoms with Gasteiger partial charge in [0.2, 0.25) is 0 Å². The molecule has 7 heteroatoms. The largest absolute Gasteiger partial charge is 0.482 e. The fraction of sp³-hybridized carbons (Fsp3) is 0.632. The van der Waals surface area contributed by atoms with E-state index in [0.29, 0.717) is 43.5 Å². The Morgan fingerprint density at radius 3 is 2.77 bits per heavy atom. The first-order chi connectivity index (χ1) is 12.5. The van der Waals surface area contributed by atoms with Crippen molar-refractivity contribution in [1.29, 1.82) is 0 Å². The summed E-state index contributed by atoms with van der Waals surface area (Å²) in [5, 5.41) is 11.0. The number of hydrogen-bond donors (Lipinski definition) is 1. The first kappa shape index (κ1) is 19.4. The van der Waals surface area contributed by atoms with Crippen LogP contribution in [0.3, 0.4) is 0 Å². The van der Waals surface area contributed by atoms with Gasteiger partial charge in [0.05, 0.1) is 24.3 Å². The number of carbonyl (C=O) groups is 1. The SMILES string of the molecule is Cc1ccc(Cl)c(OCC(=O)N2CC[C@H](O)[C@@H](N3CCOCC3)CC2)c1. The van der Waals surface area contributed by atoms with Gasteiger partial charge in [-0.25, -0.2) is 0 Å². The van der Waals surface area contributed by atoms with Gasteiger partial charge >= 0.3 is 0 Å². The Hall–Kier alpha value is -1.34. The molecule has 26 heavy (non-hydrogen) atoms. The van der Waals surface area contributed by atoms with E-state index in [1.54, 1.807) is 11.0 Å². The average molecular weight is 383 g/mol. The minimum absolute atomic E-state index is 0.0402. The second-order valence-electron chi connectivity index (χ2n) is 6.96. The third-order valence-electron chi connectivity index (χ3n) is 5.14. The van der Waals surface area contributed by atoms with Crippen LogP contribution in [0.15, 0.2) is 18.2 Å². The van der Waals surface area contributed by atoms with Crippen LogP contribution in [0.1, 0.15) is 18.4 Å². The Morgan fingerprint density at radius 1 is 1.27 bits per heavy atom. The van der Waals surface area contributed by atoms with Crippen LogP contribution in [-0.4, -0.2) is 79.0 Å². The number of carbonyl (C=O) groups excluding carboxylic acids is 1. The number of amides is 1. The van der Waals surface area contributed by atoms with E-state index >= 15 is 0 Å². The molecule has 6 nitrogen and oxygen atoms in total. The van der Waals surface area contributed by atoms with Gasteiger partial charge in [-0.2, -0.15) is 0 Å². The van der Waals surface area contributed by atoms with Crippen LogP contribution >= 0.6 is 11.6 Å². The van der Waals surface area contributed by atoms with Crippen molar-refractivity contribution in [1.82, 2.24) is 9.80 Å². The molecule has 144 valence electrons. The number of benzene rings is 1. The Morgan fingerprint density at radius 2 is 2.00 bits per heavy atom. The number of aliphatic hydroxyl groups excluding tert-OH is 1. The molecule has 1 amide bonds. The zero-order valence-corrected chi connectivity index (χ0v) is 16.0. The maximum absolute atomic E-state index is 12.6. The van der Waals surface area contributed by atoms with Crippen molar-refractivity contribution >= 4 is 17.5 Å². The minimum atomic E-state index is -0.418. The van der Waals surface area contributed by atoms with Crippen LogP contribution in [0.5, 0.6) is 5.75 Å². The predicted molar refractivity (Wildman–Crippen MR) is 99.7 cm³/mol. The van der Waals surface area contributed by atoms with Gasteiger partial charge in [0, 0.05) is 32.2 Å². The molecule has 0 unspecified atom stereocenters. The highest BCUT2D eigenvalue weighted by Gasteiger charge is 2.31. The lowest BCUT2D eigenvalue weighted by Crippen LogP contribution is -2.49. The van der Waals surface area contributed by atoms with E-state index in [0.717, 1.165) is 25.1 Å². The molecule has 0 spiro atoms. The molecular formula is C19H27ClN2O4. The lowest BCUT2D eigenvalue weighted by atomic mass is 10.0. The van der Waals surface area contributed by atoms with E-state index in [9.17, 15) is 9.90 Å². The van der Waals surface area contributed by atoms with Crippen molar-refractivity contribution in [2.24, 2.45) is 0 Å². The number of aliphatic hydroxyl groups is 1. The number of nitrogens with zero attached hydrogens (tertiary/aromatic N) is 2. The topological polar surface area (TPSA) is 62.2 Å². The summed E-state index contributed by atoms with van der Waals surface area (Å²) < 4.78 is 11.0. The van der Waals surface area contributed by atoms with Crippen LogP contribution in [0, 0.1) is 6.92 Å². The molecule has 0 aliphatic carbocycles. The molecule has 1 aromatic carbocycles. The summed E-state index contributed by atoms with van der Waals surface area (Å²) in [5.41, 5.74) is 1.03. The van der Waals surface area contributed by atoms with Gasteiger partial charge in [-0.05, 0) is 37.5 Å². The first-order valence-corrected chi connectivity index (χ1v) is 9.59. The van der Waals surface area contributed by atoms with Crippen LogP contribution in [0.2, 0.25) is 5.02 Å².